The number of hydrogen-bond acceptors (Lipinski definition) is 7. The molecule has 2 aromatic carbocycles. The van der Waals surface area contributed by atoms with Crippen molar-refractivity contribution in [3.63, 3.8) is 0 Å². The molecule has 0 spiro atoms. The smallest absolute Gasteiger partial charge is 0.292 e. The molecule has 1 N–H and O–H groups in total. The number of para-hydroxylation sites is 1. The maximum Gasteiger partial charge on any atom is 0.292 e. The predicted molar refractivity (Wildman–Crippen MR) is 129 cm³/mol. The lowest BCUT2D eigenvalue weighted by molar-refractivity contribution is -0.384. The molecule has 0 aliphatic carbocycles. The number of anilines is 2. The third-order valence-corrected chi connectivity index (χ3v) is 5.95. The van der Waals surface area contributed by atoms with Crippen LogP contribution in [0.1, 0.15) is 16.1 Å². The summed E-state index contributed by atoms with van der Waals surface area (Å²) in [6, 6.07) is 18.1. The summed E-state index contributed by atoms with van der Waals surface area (Å²) >= 11 is 0. The zero-order valence-corrected chi connectivity index (χ0v) is 18.4. The minimum absolute atomic E-state index is 0.0198. The van der Waals surface area contributed by atoms with Crippen molar-refractivity contribution < 1.29 is 14.1 Å². The Balaban J connectivity index is 1.27. The Kier molecular flexibility index (Phi) is 5.82. The standard InChI is InChI=1S/C25H23N5O4/c31-25(24-14-19-5-1-2-6-23(19)34-24)29-12-10-28(11-13-29)20-7-8-22(30(32)33)21(15-20)27-17-18-4-3-9-26-16-18/h1-9,14-16,27H,10-13,17H2. The van der Waals surface area contributed by atoms with Gasteiger partial charge in [-0.15, -0.1) is 0 Å². The van der Waals surface area contributed by atoms with E-state index in [1.807, 2.05) is 36.4 Å². The van der Waals surface area contributed by atoms with Gasteiger partial charge in [0.05, 0.1) is 4.92 Å². The summed E-state index contributed by atoms with van der Waals surface area (Å²) in [4.78, 5) is 32.1. The van der Waals surface area contributed by atoms with Crippen molar-refractivity contribution in [2.45, 2.75) is 6.54 Å². The van der Waals surface area contributed by atoms with Gasteiger partial charge in [0.2, 0.25) is 0 Å². The van der Waals surface area contributed by atoms with Crippen molar-refractivity contribution >= 4 is 33.9 Å². The van der Waals surface area contributed by atoms with Gasteiger partial charge in [0.25, 0.3) is 11.6 Å². The molecule has 34 heavy (non-hydrogen) atoms. The summed E-state index contributed by atoms with van der Waals surface area (Å²) in [5.74, 6) is 0.213. The third kappa shape index (κ3) is 4.40. The highest BCUT2D eigenvalue weighted by Gasteiger charge is 2.25. The van der Waals surface area contributed by atoms with E-state index in [9.17, 15) is 14.9 Å². The Hall–Kier alpha value is -4.40. The van der Waals surface area contributed by atoms with Gasteiger partial charge in [-0.05, 0) is 35.9 Å². The SMILES string of the molecule is O=C(c1cc2ccccc2o1)N1CCN(c2ccc([N+](=O)[O-])c(NCc3cccnc3)c2)CC1. The highest BCUT2D eigenvalue weighted by Crippen LogP contribution is 2.31. The first kappa shape index (κ1) is 21.4. The van der Waals surface area contributed by atoms with Crippen LogP contribution in [-0.4, -0.2) is 46.9 Å². The van der Waals surface area contributed by atoms with Crippen molar-refractivity contribution in [2.75, 3.05) is 36.4 Å². The van der Waals surface area contributed by atoms with Crippen molar-refractivity contribution in [1.29, 1.82) is 0 Å². The van der Waals surface area contributed by atoms with Gasteiger partial charge in [0.1, 0.15) is 11.3 Å². The van der Waals surface area contributed by atoms with Crippen LogP contribution in [0.2, 0.25) is 0 Å². The van der Waals surface area contributed by atoms with Crippen LogP contribution in [0, 0.1) is 10.1 Å². The molecule has 0 radical (unpaired) electrons. The number of carbonyl (C=O) groups excluding carboxylic acids is 1. The minimum atomic E-state index is -0.390. The molecule has 172 valence electrons. The van der Waals surface area contributed by atoms with Gasteiger partial charge < -0.3 is 19.5 Å². The summed E-state index contributed by atoms with van der Waals surface area (Å²) in [6.45, 7) is 2.73. The number of nitrogens with zero attached hydrogens (tertiary/aromatic N) is 4. The molecular formula is C25H23N5O4. The molecule has 1 aliphatic heterocycles. The Labute approximate surface area is 195 Å². The first-order chi connectivity index (χ1) is 16.6. The van der Waals surface area contributed by atoms with Crippen molar-refractivity contribution in [3.8, 4) is 0 Å². The summed E-state index contributed by atoms with van der Waals surface area (Å²) < 4.78 is 5.73. The molecule has 1 fully saturated rings. The number of furan rings is 1. The highest BCUT2D eigenvalue weighted by atomic mass is 16.6. The first-order valence-electron chi connectivity index (χ1n) is 11.0. The van der Waals surface area contributed by atoms with Crippen molar-refractivity contribution in [3.05, 3.63) is 94.5 Å². The number of piperazine rings is 1. The topological polar surface area (TPSA) is 105 Å². The Morgan fingerprint density at radius 2 is 1.88 bits per heavy atom. The lowest BCUT2D eigenvalue weighted by atomic mass is 10.2. The molecule has 0 bridgehead atoms. The van der Waals surface area contributed by atoms with E-state index in [4.69, 9.17) is 4.42 Å². The summed E-state index contributed by atoms with van der Waals surface area (Å²) in [5, 5.41) is 15.6. The van der Waals surface area contributed by atoms with E-state index >= 15 is 0 Å². The van der Waals surface area contributed by atoms with Crippen LogP contribution in [0.5, 0.6) is 0 Å². The molecule has 4 aromatic rings. The number of carbonyl (C=O) groups is 1. The fraction of sp³-hybridized carbons (Fsp3) is 0.200. The number of amides is 1. The van der Waals surface area contributed by atoms with Crippen LogP contribution in [0.3, 0.4) is 0 Å². The van der Waals surface area contributed by atoms with E-state index < -0.39 is 0 Å². The van der Waals surface area contributed by atoms with E-state index in [-0.39, 0.29) is 16.5 Å². The van der Waals surface area contributed by atoms with Crippen LogP contribution in [0.25, 0.3) is 11.0 Å². The molecule has 3 heterocycles. The maximum atomic E-state index is 12.9. The Bertz CT molecular complexity index is 1300. The average Bonchev–Trinajstić information content (AvgIpc) is 3.32. The molecule has 1 amide bonds. The summed E-state index contributed by atoms with van der Waals surface area (Å²) in [5.41, 5.74) is 2.97. The molecular weight excluding hydrogens is 434 g/mol. The van der Waals surface area contributed by atoms with Gasteiger partial charge in [-0.1, -0.05) is 24.3 Å². The fourth-order valence-electron chi connectivity index (χ4n) is 4.13. The normalized spacial score (nSPS) is 13.8. The lowest BCUT2D eigenvalue weighted by Gasteiger charge is -2.35. The van der Waals surface area contributed by atoms with Crippen molar-refractivity contribution in [1.82, 2.24) is 9.88 Å². The Morgan fingerprint density at radius 1 is 1.06 bits per heavy atom. The van der Waals surface area contributed by atoms with E-state index in [0.29, 0.717) is 49.8 Å². The van der Waals surface area contributed by atoms with Crippen LogP contribution < -0.4 is 10.2 Å². The van der Waals surface area contributed by atoms with Crippen LogP contribution in [0.15, 0.2) is 77.5 Å². The predicted octanol–water partition coefficient (Wildman–Crippen LogP) is 4.31. The average molecular weight is 457 g/mol. The second kappa shape index (κ2) is 9.22. The molecule has 0 atom stereocenters. The van der Waals surface area contributed by atoms with Crippen LogP contribution in [0.4, 0.5) is 17.1 Å². The number of nitro benzene ring substituents is 1. The van der Waals surface area contributed by atoms with Gasteiger partial charge in [0, 0.05) is 62.3 Å². The van der Waals surface area contributed by atoms with E-state index in [1.54, 1.807) is 35.5 Å². The summed E-state index contributed by atoms with van der Waals surface area (Å²) in [6.07, 6.45) is 3.41. The number of nitro groups is 1. The number of nitrogens with one attached hydrogen (secondary N) is 1. The van der Waals surface area contributed by atoms with Gasteiger partial charge in [-0.3, -0.25) is 19.9 Å². The highest BCUT2D eigenvalue weighted by molar-refractivity contribution is 5.96. The number of fused-ring (bicyclic) bond motifs is 1. The van der Waals surface area contributed by atoms with Gasteiger partial charge in [-0.2, -0.15) is 0 Å². The number of hydrogen-bond donors (Lipinski definition) is 1. The monoisotopic (exact) mass is 457 g/mol. The third-order valence-electron chi connectivity index (χ3n) is 5.95. The second-order valence-electron chi connectivity index (χ2n) is 8.10. The summed E-state index contributed by atoms with van der Waals surface area (Å²) in [7, 11) is 0. The van der Waals surface area contributed by atoms with E-state index in [2.05, 4.69) is 15.2 Å². The zero-order valence-electron chi connectivity index (χ0n) is 18.4. The van der Waals surface area contributed by atoms with Crippen LogP contribution >= 0.6 is 0 Å². The molecule has 5 rings (SSSR count). The largest absolute Gasteiger partial charge is 0.451 e. The number of rotatable bonds is 6. The number of pyridine rings is 1. The fourth-order valence-corrected chi connectivity index (χ4v) is 4.13. The molecule has 0 saturated carbocycles. The number of benzene rings is 2. The molecule has 2 aromatic heterocycles. The van der Waals surface area contributed by atoms with Gasteiger partial charge in [-0.25, -0.2) is 0 Å². The minimum Gasteiger partial charge on any atom is -0.451 e. The van der Waals surface area contributed by atoms with E-state index in [0.717, 1.165) is 16.6 Å². The molecule has 9 heteroatoms. The molecule has 0 unspecified atom stereocenters. The first-order valence-corrected chi connectivity index (χ1v) is 11.0. The molecule has 1 aliphatic rings. The Morgan fingerprint density at radius 3 is 2.62 bits per heavy atom. The maximum absolute atomic E-state index is 12.9. The lowest BCUT2D eigenvalue weighted by Crippen LogP contribution is -2.48. The molecule has 1 saturated heterocycles. The number of aromatic nitrogens is 1. The van der Waals surface area contributed by atoms with Gasteiger partial charge >= 0.3 is 0 Å². The van der Waals surface area contributed by atoms with Gasteiger partial charge in [0.15, 0.2) is 5.76 Å². The molecule has 9 nitrogen and oxygen atoms in total. The van der Waals surface area contributed by atoms with Crippen molar-refractivity contribution in [2.24, 2.45) is 0 Å². The van der Waals surface area contributed by atoms with Crippen LogP contribution in [-0.2, 0) is 6.54 Å². The van der Waals surface area contributed by atoms with E-state index in [1.165, 1.54) is 6.07 Å². The second-order valence-corrected chi connectivity index (χ2v) is 8.10. The quantitative estimate of drug-likeness (QED) is 0.340. The zero-order chi connectivity index (χ0) is 23.5.